The van der Waals surface area contributed by atoms with E-state index >= 15 is 0 Å². The van der Waals surface area contributed by atoms with Crippen LogP contribution >= 0.6 is 11.3 Å². The molecule has 0 aliphatic carbocycles. The molecule has 3 nitrogen and oxygen atoms in total. The van der Waals surface area contributed by atoms with Crippen LogP contribution in [0.3, 0.4) is 0 Å². The largest absolute Gasteiger partial charge is 0.378 e. The van der Waals surface area contributed by atoms with Crippen LogP contribution in [0.25, 0.3) is 0 Å². The zero-order chi connectivity index (χ0) is 11.2. The SMILES string of the molecule is CCC(NCCC1CCCO1)c1nccs1. The van der Waals surface area contributed by atoms with Gasteiger partial charge in [-0.3, -0.25) is 0 Å². The minimum atomic E-state index is 0.418. The molecule has 2 rings (SSSR count). The average Bonchev–Trinajstić information content (AvgIpc) is 2.96. The lowest BCUT2D eigenvalue weighted by Gasteiger charge is -2.16. The number of nitrogens with zero attached hydrogens (tertiary/aromatic N) is 1. The minimum Gasteiger partial charge on any atom is -0.378 e. The fraction of sp³-hybridized carbons (Fsp3) is 0.750. The molecular weight excluding hydrogens is 220 g/mol. The van der Waals surface area contributed by atoms with Gasteiger partial charge >= 0.3 is 0 Å². The molecular formula is C12H20N2OS. The lowest BCUT2D eigenvalue weighted by Crippen LogP contribution is -2.24. The molecule has 0 aromatic carbocycles. The van der Waals surface area contributed by atoms with Crippen molar-refractivity contribution in [3.63, 3.8) is 0 Å². The van der Waals surface area contributed by atoms with Crippen molar-refractivity contribution in [2.45, 2.75) is 44.8 Å². The number of rotatable bonds is 6. The third kappa shape index (κ3) is 3.27. The van der Waals surface area contributed by atoms with Gasteiger partial charge in [-0.2, -0.15) is 0 Å². The lowest BCUT2D eigenvalue weighted by molar-refractivity contribution is 0.103. The molecule has 1 saturated heterocycles. The third-order valence-electron chi connectivity index (χ3n) is 3.04. The highest BCUT2D eigenvalue weighted by Gasteiger charge is 2.16. The molecule has 1 fully saturated rings. The maximum Gasteiger partial charge on any atom is 0.109 e. The average molecular weight is 240 g/mol. The van der Waals surface area contributed by atoms with Crippen LogP contribution in [0, 0.1) is 0 Å². The topological polar surface area (TPSA) is 34.1 Å². The maximum atomic E-state index is 5.61. The molecule has 0 amide bonds. The van der Waals surface area contributed by atoms with Crippen molar-refractivity contribution in [2.75, 3.05) is 13.2 Å². The van der Waals surface area contributed by atoms with Crippen LogP contribution in [-0.4, -0.2) is 24.2 Å². The van der Waals surface area contributed by atoms with Crippen LogP contribution in [-0.2, 0) is 4.74 Å². The molecule has 1 aromatic heterocycles. The summed E-state index contributed by atoms with van der Waals surface area (Å²) in [6.45, 7) is 4.18. The Morgan fingerprint density at radius 1 is 1.69 bits per heavy atom. The molecule has 0 saturated carbocycles. The summed E-state index contributed by atoms with van der Waals surface area (Å²) >= 11 is 1.73. The molecule has 90 valence electrons. The molecule has 2 unspecified atom stereocenters. The summed E-state index contributed by atoms with van der Waals surface area (Å²) in [5.41, 5.74) is 0. The van der Waals surface area contributed by atoms with Gasteiger partial charge in [0.25, 0.3) is 0 Å². The highest BCUT2D eigenvalue weighted by Crippen LogP contribution is 2.19. The highest BCUT2D eigenvalue weighted by molar-refractivity contribution is 7.09. The van der Waals surface area contributed by atoms with Gasteiger partial charge in [0.05, 0.1) is 12.1 Å². The molecule has 1 aromatic rings. The van der Waals surface area contributed by atoms with E-state index in [4.69, 9.17) is 4.74 Å². The van der Waals surface area contributed by atoms with E-state index in [-0.39, 0.29) is 0 Å². The molecule has 2 atom stereocenters. The predicted molar refractivity (Wildman–Crippen MR) is 66.7 cm³/mol. The van der Waals surface area contributed by atoms with Gasteiger partial charge in [-0.05, 0) is 32.2 Å². The monoisotopic (exact) mass is 240 g/mol. The second-order valence-electron chi connectivity index (χ2n) is 4.21. The Hall–Kier alpha value is -0.450. The van der Waals surface area contributed by atoms with Crippen molar-refractivity contribution in [1.29, 1.82) is 0 Å². The van der Waals surface area contributed by atoms with Gasteiger partial charge < -0.3 is 10.1 Å². The van der Waals surface area contributed by atoms with E-state index in [1.807, 2.05) is 11.6 Å². The first-order chi connectivity index (χ1) is 7.90. The van der Waals surface area contributed by atoms with E-state index in [2.05, 4.69) is 17.2 Å². The third-order valence-corrected chi connectivity index (χ3v) is 3.93. The van der Waals surface area contributed by atoms with E-state index < -0.39 is 0 Å². The van der Waals surface area contributed by atoms with E-state index in [1.165, 1.54) is 17.8 Å². The number of nitrogens with one attached hydrogen (secondary N) is 1. The normalized spacial score (nSPS) is 22.4. The van der Waals surface area contributed by atoms with Gasteiger partial charge in [-0.15, -0.1) is 11.3 Å². The quantitative estimate of drug-likeness (QED) is 0.830. The molecule has 1 aliphatic rings. The van der Waals surface area contributed by atoms with Crippen molar-refractivity contribution in [2.24, 2.45) is 0 Å². The molecule has 0 bridgehead atoms. The number of hydrogen-bond acceptors (Lipinski definition) is 4. The fourth-order valence-electron chi connectivity index (χ4n) is 2.10. The summed E-state index contributed by atoms with van der Waals surface area (Å²) < 4.78 is 5.61. The van der Waals surface area contributed by atoms with Crippen molar-refractivity contribution >= 4 is 11.3 Å². The Kier molecular flexibility index (Phi) is 4.75. The molecule has 4 heteroatoms. The Morgan fingerprint density at radius 2 is 2.62 bits per heavy atom. The highest BCUT2D eigenvalue weighted by atomic mass is 32.1. The smallest absolute Gasteiger partial charge is 0.109 e. The fourth-order valence-corrected chi connectivity index (χ4v) is 2.90. The molecule has 1 N–H and O–H groups in total. The van der Waals surface area contributed by atoms with E-state index in [0.717, 1.165) is 26.0 Å². The van der Waals surface area contributed by atoms with Crippen molar-refractivity contribution in [1.82, 2.24) is 10.3 Å². The summed E-state index contributed by atoms with van der Waals surface area (Å²) in [6.07, 6.45) is 7.05. The van der Waals surface area contributed by atoms with Crippen LogP contribution in [0.15, 0.2) is 11.6 Å². The first kappa shape index (κ1) is 12.0. The molecule has 1 aliphatic heterocycles. The zero-order valence-corrected chi connectivity index (χ0v) is 10.6. The summed E-state index contributed by atoms with van der Waals surface area (Å²) in [7, 11) is 0. The first-order valence-corrected chi connectivity index (χ1v) is 7.02. The summed E-state index contributed by atoms with van der Waals surface area (Å²) in [5.74, 6) is 0. The number of thiazole rings is 1. The summed E-state index contributed by atoms with van der Waals surface area (Å²) in [6, 6.07) is 0.418. The molecule has 0 radical (unpaired) electrons. The second-order valence-corrected chi connectivity index (χ2v) is 5.14. The standard InChI is InChI=1S/C12H20N2OS/c1-2-11(12-14-7-9-16-12)13-6-5-10-4-3-8-15-10/h7,9-11,13H,2-6,8H2,1H3. The van der Waals surface area contributed by atoms with E-state index in [0.29, 0.717) is 12.1 Å². The molecule has 16 heavy (non-hydrogen) atoms. The van der Waals surface area contributed by atoms with Gasteiger partial charge in [0, 0.05) is 18.2 Å². The van der Waals surface area contributed by atoms with Crippen LogP contribution in [0.4, 0.5) is 0 Å². The van der Waals surface area contributed by atoms with E-state index in [9.17, 15) is 0 Å². The van der Waals surface area contributed by atoms with Gasteiger partial charge in [0.1, 0.15) is 5.01 Å². The Balaban J connectivity index is 1.71. The zero-order valence-electron chi connectivity index (χ0n) is 9.82. The van der Waals surface area contributed by atoms with Crippen molar-refractivity contribution in [3.8, 4) is 0 Å². The van der Waals surface area contributed by atoms with Gasteiger partial charge in [0.15, 0.2) is 0 Å². The van der Waals surface area contributed by atoms with Crippen LogP contribution in [0.1, 0.15) is 43.7 Å². The van der Waals surface area contributed by atoms with Crippen molar-refractivity contribution < 1.29 is 4.74 Å². The molecule has 2 heterocycles. The maximum absolute atomic E-state index is 5.61. The Bertz CT molecular complexity index is 283. The van der Waals surface area contributed by atoms with Gasteiger partial charge in [-0.25, -0.2) is 4.98 Å². The number of ether oxygens (including phenoxy) is 1. The second kappa shape index (κ2) is 6.33. The predicted octanol–water partition coefficient (Wildman–Crippen LogP) is 2.75. The minimum absolute atomic E-state index is 0.418. The number of aromatic nitrogens is 1. The Morgan fingerprint density at radius 3 is 3.25 bits per heavy atom. The summed E-state index contributed by atoms with van der Waals surface area (Å²) in [4.78, 5) is 4.36. The van der Waals surface area contributed by atoms with Crippen LogP contribution in [0.2, 0.25) is 0 Å². The van der Waals surface area contributed by atoms with Crippen molar-refractivity contribution in [3.05, 3.63) is 16.6 Å². The van der Waals surface area contributed by atoms with Crippen LogP contribution < -0.4 is 5.32 Å². The molecule has 0 spiro atoms. The number of hydrogen-bond donors (Lipinski definition) is 1. The lowest BCUT2D eigenvalue weighted by atomic mass is 10.1. The van der Waals surface area contributed by atoms with Crippen LogP contribution in [0.5, 0.6) is 0 Å². The van der Waals surface area contributed by atoms with Gasteiger partial charge in [0.2, 0.25) is 0 Å². The summed E-state index contributed by atoms with van der Waals surface area (Å²) in [5, 5.41) is 6.81. The Labute approximate surface area is 101 Å². The van der Waals surface area contributed by atoms with Gasteiger partial charge in [-0.1, -0.05) is 6.92 Å². The van der Waals surface area contributed by atoms with E-state index in [1.54, 1.807) is 11.3 Å². The first-order valence-electron chi connectivity index (χ1n) is 6.14.